The molecule has 276 valence electrons. The van der Waals surface area contributed by atoms with Crippen molar-refractivity contribution >= 4 is 17.9 Å². The summed E-state index contributed by atoms with van der Waals surface area (Å²) >= 11 is 0. The molecule has 4 heterocycles. The first kappa shape index (κ1) is 36.9. The van der Waals surface area contributed by atoms with Crippen LogP contribution in [0.1, 0.15) is 71.9 Å². The lowest BCUT2D eigenvalue weighted by molar-refractivity contribution is -0.564. The number of methoxy groups -OCH3 is 1. The molecule has 2 fully saturated rings. The number of hydrogen-bond donors (Lipinski definition) is 1. The number of anilines is 2. The molecule has 3 atom stereocenters. The molecule has 0 spiro atoms. The molecule has 1 aliphatic carbocycles. The first-order chi connectivity index (χ1) is 25.1. The summed E-state index contributed by atoms with van der Waals surface area (Å²) in [6.07, 6.45) is 15.6. The predicted octanol–water partition coefficient (Wildman–Crippen LogP) is 5.69. The van der Waals surface area contributed by atoms with Gasteiger partial charge in [0.05, 0.1) is 37.6 Å². The van der Waals surface area contributed by atoms with E-state index in [0.717, 1.165) is 49.9 Å². The fourth-order valence-corrected chi connectivity index (χ4v) is 7.00. The lowest BCUT2D eigenvalue weighted by atomic mass is 9.86. The first-order valence-electron chi connectivity index (χ1n) is 18.2. The van der Waals surface area contributed by atoms with Crippen molar-refractivity contribution in [3.05, 3.63) is 55.0 Å². The summed E-state index contributed by atoms with van der Waals surface area (Å²) < 4.78 is 30.0. The van der Waals surface area contributed by atoms with Crippen LogP contribution in [0, 0.1) is 22.7 Å². The number of nitrogens with one attached hydrogen (secondary N) is 1. The smallest absolute Gasteiger partial charge is 0.256 e. The van der Waals surface area contributed by atoms with Crippen LogP contribution in [0.5, 0.6) is 11.6 Å². The number of aromatic nitrogens is 7. The zero-order chi connectivity index (χ0) is 36.7. The van der Waals surface area contributed by atoms with Crippen LogP contribution in [0.15, 0.2) is 49.4 Å². The Labute approximate surface area is 305 Å². The summed E-state index contributed by atoms with van der Waals surface area (Å²) in [6, 6.07) is 7.94. The molecule has 52 heavy (non-hydrogen) atoms. The third kappa shape index (κ3) is 9.71. The van der Waals surface area contributed by atoms with E-state index in [4.69, 9.17) is 24.0 Å². The van der Waals surface area contributed by atoms with Crippen LogP contribution in [0.25, 0.3) is 11.1 Å². The van der Waals surface area contributed by atoms with Gasteiger partial charge < -0.3 is 24.3 Å². The SMILES string of the molecule is COCC(C)(C)COc1nn(C2CCC(C=[N+]3C[C@@H](C)O[C@@H](C)C3)CC2)cc1Nc1ncc(-c2ccc(C#N)c(O[C@@H](C)Cn3cncn3)c2)cn1. The minimum absolute atomic E-state index is 0.200. The van der Waals surface area contributed by atoms with E-state index in [9.17, 15) is 5.26 Å². The molecule has 0 amide bonds. The number of hydrogen-bond acceptors (Lipinski definition) is 11. The molecule has 6 rings (SSSR count). The van der Waals surface area contributed by atoms with E-state index >= 15 is 0 Å². The molecule has 3 aromatic heterocycles. The van der Waals surface area contributed by atoms with Gasteiger partial charge in [-0.1, -0.05) is 19.9 Å². The molecule has 1 N–H and O–H groups in total. The minimum Gasteiger partial charge on any atom is -0.487 e. The Kier molecular flexibility index (Phi) is 11.8. The van der Waals surface area contributed by atoms with Gasteiger partial charge in [-0.15, -0.1) is 5.10 Å². The van der Waals surface area contributed by atoms with Crippen molar-refractivity contribution in [1.29, 1.82) is 5.26 Å². The standard InChI is InChI=1S/C38H51N10O4/c1-26-17-46(18-27(2)51-26)20-29-7-11-33(12-8-29)48-21-34(36(45-48)50-23-38(4,5)22-49-6)44-37-41-15-32(16-42-37)30-9-10-31(14-39)35(13-30)52-28(3)19-47-25-40-24-43-47/h9-10,13,15-16,20-21,24-29,33H,7-8,11-12,17-19,22-23H2,1-6H3,(H,41,42,44)/q+1/t26-,27+,28-,29?,33?/m0/s1. The average molecular weight is 712 g/mol. The molecule has 1 aromatic carbocycles. The molecular formula is C38H51N10O4+. The average Bonchev–Trinajstić information content (AvgIpc) is 3.77. The Morgan fingerprint density at radius 2 is 1.85 bits per heavy atom. The summed E-state index contributed by atoms with van der Waals surface area (Å²) in [6.45, 7) is 13.8. The van der Waals surface area contributed by atoms with Gasteiger partial charge in [0.1, 0.15) is 54.7 Å². The second-order valence-electron chi connectivity index (χ2n) is 14.9. The highest BCUT2D eigenvalue weighted by atomic mass is 16.5. The number of benzene rings is 1. The van der Waals surface area contributed by atoms with Crippen molar-refractivity contribution < 1.29 is 23.5 Å². The van der Waals surface area contributed by atoms with Gasteiger partial charge in [0.15, 0.2) is 13.1 Å². The van der Waals surface area contributed by atoms with Crippen molar-refractivity contribution in [2.75, 3.05) is 38.7 Å². The van der Waals surface area contributed by atoms with Gasteiger partial charge in [0.2, 0.25) is 5.95 Å². The van der Waals surface area contributed by atoms with E-state index in [2.05, 4.69) is 69.9 Å². The van der Waals surface area contributed by atoms with Gasteiger partial charge in [-0.2, -0.15) is 10.4 Å². The third-order valence-corrected chi connectivity index (χ3v) is 9.39. The van der Waals surface area contributed by atoms with E-state index in [0.29, 0.717) is 54.5 Å². The lowest BCUT2D eigenvalue weighted by Crippen LogP contribution is -2.41. The summed E-state index contributed by atoms with van der Waals surface area (Å²) in [5.74, 6) is 1.97. The molecular weight excluding hydrogens is 660 g/mol. The highest BCUT2D eigenvalue weighted by Gasteiger charge is 2.30. The van der Waals surface area contributed by atoms with Crippen LogP contribution in [-0.2, 0) is 16.0 Å². The number of nitrogens with zero attached hydrogens (tertiary/aromatic N) is 9. The van der Waals surface area contributed by atoms with Crippen LogP contribution in [-0.4, -0.2) is 97.0 Å². The maximum Gasteiger partial charge on any atom is 0.256 e. The van der Waals surface area contributed by atoms with Gasteiger partial charge >= 0.3 is 0 Å². The highest BCUT2D eigenvalue weighted by Crippen LogP contribution is 2.36. The van der Waals surface area contributed by atoms with Gasteiger partial charge in [-0.3, -0.25) is 4.68 Å². The molecule has 14 nitrogen and oxygen atoms in total. The monoisotopic (exact) mass is 711 g/mol. The Bertz CT molecular complexity index is 1810. The van der Waals surface area contributed by atoms with E-state index in [1.54, 1.807) is 36.6 Å². The molecule has 2 aliphatic rings. The fourth-order valence-electron chi connectivity index (χ4n) is 7.00. The zero-order valence-electron chi connectivity index (χ0n) is 31.1. The third-order valence-electron chi connectivity index (χ3n) is 9.39. The second-order valence-corrected chi connectivity index (χ2v) is 14.9. The minimum atomic E-state index is -0.236. The van der Waals surface area contributed by atoms with Gasteiger partial charge in [-0.25, -0.2) is 24.2 Å². The molecule has 0 radical (unpaired) electrons. The molecule has 14 heteroatoms. The van der Waals surface area contributed by atoms with Crippen LogP contribution < -0.4 is 14.8 Å². The highest BCUT2D eigenvalue weighted by molar-refractivity contribution is 5.67. The van der Waals surface area contributed by atoms with Crippen LogP contribution in [0.3, 0.4) is 0 Å². The quantitative estimate of drug-likeness (QED) is 0.161. The second kappa shape index (κ2) is 16.6. The normalized spacial score (nSPS) is 22.1. The van der Waals surface area contributed by atoms with Gasteiger partial charge in [-0.05, 0) is 64.2 Å². The topological polar surface area (TPSA) is 150 Å². The number of ether oxygens (including phenoxy) is 4. The van der Waals surface area contributed by atoms with Crippen molar-refractivity contribution in [2.24, 2.45) is 11.3 Å². The summed E-state index contributed by atoms with van der Waals surface area (Å²) in [5.41, 5.74) is 2.57. The lowest BCUT2D eigenvalue weighted by Gasteiger charge is -2.28. The number of morpholine rings is 1. The van der Waals surface area contributed by atoms with Crippen molar-refractivity contribution in [2.45, 2.75) is 91.2 Å². The molecule has 1 aliphatic heterocycles. The molecule has 0 bridgehead atoms. The van der Waals surface area contributed by atoms with Crippen molar-refractivity contribution in [3.8, 4) is 28.8 Å². The number of nitriles is 1. The Morgan fingerprint density at radius 3 is 2.52 bits per heavy atom. The summed E-state index contributed by atoms with van der Waals surface area (Å²) in [5, 5.41) is 22.2. The fraction of sp³-hybridized carbons (Fsp3) is 0.553. The Hall–Kier alpha value is -4.87. The summed E-state index contributed by atoms with van der Waals surface area (Å²) in [4.78, 5) is 13.2. The predicted molar refractivity (Wildman–Crippen MR) is 196 cm³/mol. The molecule has 1 saturated carbocycles. The van der Waals surface area contributed by atoms with Crippen LogP contribution in [0.4, 0.5) is 11.6 Å². The van der Waals surface area contributed by atoms with Gasteiger partial charge in [0.25, 0.3) is 5.88 Å². The van der Waals surface area contributed by atoms with Crippen LogP contribution >= 0.6 is 0 Å². The number of rotatable bonds is 14. The van der Waals surface area contributed by atoms with Crippen molar-refractivity contribution in [1.82, 2.24) is 34.5 Å². The zero-order valence-corrected chi connectivity index (χ0v) is 31.1. The van der Waals surface area contributed by atoms with E-state index in [-0.39, 0.29) is 29.8 Å². The Morgan fingerprint density at radius 1 is 1.10 bits per heavy atom. The van der Waals surface area contributed by atoms with Gasteiger partial charge in [0, 0.05) is 36.4 Å². The van der Waals surface area contributed by atoms with E-state index < -0.39 is 0 Å². The molecule has 1 saturated heterocycles. The molecule has 4 aromatic rings. The largest absolute Gasteiger partial charge is 0.487 e. The Balaban J connectivity index is 1.15. The molecule has 0 unspecified atom stereocenters. The summed E-state index contributed by atoms with van der Waals surface area (Å²) in [7, 11) is 1.70. The van der Waals surface area contributed by atoms with Crippen molar-refractivity contribution in [3.63, 3.8) is 0 Å². The maximum atomic E-state index is 9.71. The van der Waals surface area contributed by atoms with Crippen LogP contribution in [0.2, 0.25) is 0 Å². The van der Waals surface area contributed by atoms with E-state index in [1.165, 1.54) is 6.33 Å². The van der Waals surface area contributed by atoms with E-state index in [1.807, 2.05) is 29.9 Å². The first-order valence-corrected chi connectivity index (χ1v) is 18.2. The maximum absolute atomic E-state index is 9.71.